The van der Waals surface area contributed by atoms with Crippen molar-refractivity contribution in [3.8, 4) is 0 Å². The maximum Gasteiger partial charge on any atom is 0.465 e. The van der Waals surface area contributed by atoms with Crippen LogP contribution in [0.1, 0.15) is 129 Å². The number of hydrogen-bond donors (Lipinski definition) is 0. The Balaban J connectivity index is 1.35. The summed E-state index contributed by atoms with van der Waals surface area (Å²) >= 11 is 0. The van der Waals surface area contributed by atoms with Crippen molar-refractivity contribution < 1.29 is 9.31 Å². The molecule has 0 aromatic heterocycles. The normalized spacial score (nSPS) is 22.0. The van der Waals surface area contributed by atoms with E-state index in [0.717, 1.165) is 12.3 Å². The summed E-state index contributed by atoms with van der Waals surface area (Å²) in [6.07, 6.45) is 19.8. The third-order valence-corrected chi connectivity index (χ3v) is 8.18. The van der Waals surface area contributed by atoms with Crippen LogP contribution < -0.4 is 0 Å². The van der Waals surface area contributed by atoms with Gasteiger partial charge in [-0.1, -0.05) is 114 Å². The van der Waals surface area contributed by atoms with Gasteiger partial charge in [-0.05, 0) is 45.6 Å². The molecule has 0 amide bonds. The van der Waals surface area contributed by atoms with Gasteiger partial charge in [0.05, 0.1) is 11.2 Å². The van der Waals surface area contributed by atoms with Crippen molar-refractivity contribution >= 4 is 7.12 Å². The first-order chi connectivity index (χ1) is 14.9. The van der Waals surface area contributed by atoms with Crippen LogP contribution in [0.2, 0.25) is 0 Å². The molecule has 2 aliphatic rings. The molecular weight excluding hydrogens is 379 g/mol. The number of rotatable bonds is 12. The first-order valence-corrected chi connectivity index (χ1v) is 13.3. The molecule has 0 spiro atoms. The predicted molar refractivity (Wildman–Crippen MR) is 133 cm³/mol. The van der Waals surface area contributed by atoms with Gasteiger partial charge >= 0.3 is 7.12 Å². The molecule has 31 heavy (non-hydrogen) atoms. The minimum Gasteiger partial charge on any atom is -0.403 e. The van der Waals surface area contributed by atoms with Gasteiger partial charge in [0.25, 0.3) is 0 Å². The lowest BCUT2D eigenvalue weighted by Crippen LogP contribution is -2.41. The average molecular weight is 426 g/mol. The molecule has 1 atom stereocenters. The van der Waals surface area contributed by atoms with Gasteiger partial charge in [0.15, 0.2) is 0 Å². The highest BCUT2D eigenvalue weighted by Crippen LogP contribution is 2.42. The highest BCUT2D eigenvalue weighted by atomic mass is 16.7. The van der Waals surface area contributed by atoms with E-state index in [0.29, 0.717) is 5.82 Å². The van der Waals surface area contributed by atoms with Crippen molar-refractivity contribution in [1.82, 2.24) is 0 Å². The van der Waals surface area contributed by atoms with Crippen LogP contribution in [0.25, 0.3) is 0 Å². The molecule has 3 rings (SSSR count). The molecule has 0 unspecified atom stereocenters. The van der Waals surface area contributed by atoms with E-state index < -0.39 is 0 Å². The molecule has 0 radical (unpaired) electrons. The van der Waals surface area contributed by atoms with Gasteiger partial charge in [-0.2, -0.15) is 0 Å². The minimum atomic E-state index is -0.262. The summed E-state index contributed by atoms with van der Waals surface area (Å²) in [5, 5.41) is 0. The van der Waals surface area contributed by atoms with Crippen LogP contribution in [0.3, 0.4) is 0 Å². The quantitative estimate of drug-likeness (QED) is 0.246. The topological polar surface area (TPSA) is 18.5 Å². The summed E-state index contributed by atoms with van der Waals surface area (Å²) in [4.78, 5) is 0. The summed E-state index contributed by atoms with van der Waals surface area (Å²) in [5.74, 6) is 1.37. The van der Waals surface area contributed by atoms with Crippen LogP contribution >= 0.6 is 0 Å². The molecule has 1 saturated carbocycles. The maximum atomic E-state index is 6.43. The Morgan fingerprint density at radius 1 is 0.774 bits per heavy atom. The van der Waals surface area contributed by atoms with Gasteiger partial charge in [0, 0.05) is 5.82 Å². The highest BCUT2D eigenvalue weighted by Gasteiger charge is 2.53. The molecule has 1 aliphatic carbocycles. The second-order valence-electron chi connectivity index (χ2n) is 11.2. The van der Waals surface area contributed by atoms with Gasteiger partial charge in [0.2, 0.25) is 0 Å². The predicted octanol–water partition coefficient (Wildman–Crippen LogP) is 8.49. The lowest BCUT2D eigenvalue weighted by molar-refractivity contribution is 0.00578. The molecule has 2 nitrogen and oxygen atoms in total. The Kier molecular flexibility index (Phi) is 9.53. The zero-order chi connectivity index (χ0) is 22.2. The minimum absolute atomic E-state index is 0.146. The fraction of sp³-hybridized carbons (Fsp3) is 0.786. The van der Waals surface area contributed by atoms with Crippen LogP contribution in [0.5, 0.6) is 0 Å². The third kappa shape index (κ3) is 7.36. The van der Waals surface area contributed by atoms with E-state index in [-0.39, 0.29) is 18.3 Å². The second kappa shape index (κ2) is 11.9. The van der Waals surface area contributed by atoms with Gasteiger partial charge < -0.3 is 9.31 Å². The number of benzene rings is 1. The molecule has 1 heterocycles. The van der Waals surface area contributed by atoms with Gasteiger partial charge in [-0.15, -0.1) is 0 Å². The standard InChI is InChI=1S/C28H47BO2/c1-27(2)28(3,4)31-29(30-27)26(25-21-15-11-16-22-25)23-17-9-7-5-6-8-12-18-24-19-13-10-14-20-24/h11,15-16,21-22,24,26H,5-10,12-14,17-20,23H2,1-4H3/t26-/m0/s1. The lowest BCUT2D eigenvalue weighted by Gasteiger charge is -2.32. The molecule has 174 valence electrons. The van der Waals surface area contributed by atoms with Crippen LogP contribution in [-0.2, 0) is 9.31 Å². The van der Waals surface area contributed by atoms with E-state index in [9.17, 15) is 0 Å². The van der Waals surface area contributed by atoms with Gasteiger partial charge in [0.1, 0.15) is 0 Å². The molecule has 0 N–H and O–H groups in total. The molecule has 3 heteroatoms. The van der Waals surface area contributed by atoms with E-state index in [1.54, 1.807) is 0 Å². The first kappa shape index (κ1) is 24.8. The Morgan fingerprint density at radius 3 is 1.94 bits per heavy atom. The van der Waals surface area contributed by atoms with Crippen LogP contribution in [0.15, 0.2) is 30.3 Å². The molecule has 2 fully saturated rings. The molecule has 1 aromatic carbocycles. The average Bonchev–Trinajstić information content (AvgIpc) is 2.97. The van der Waals surface area contributed by atoms with Crippen molar-refractivity contribution in [2.45, 2.75) is 135 Å². The number of unbranched alkanes of at least 4 members (excludes halogenated alkanes) is 6. The zero-order valence-electron chi connectivity index (χ0n) is 20.8. The van der Waals surface area contributed by atoms with Crippen LogP contribution in [0.4, 0.5) is 0 Å². The maximum absolute atomic E-state index is 6.43. The van der Waals surface area contributed by atoms with E-state index in [2.05, 4.69) is 58.0 Å². The lowest BCUT2D eigenvalue weighted by atomic mass is 9.65. The highest BCUT2D eigenvalue weighted by molar-refractivity contribution is 6.47. The summed E-state index contributed by atoms with van der Waals surface area (Å²) in [7, 11) is -0.146. The summed E-state index contributed by atoms with van der Waals surface area (Å²) < 4.78 is 12.9. The van der Waals surface area contributed by atoms with E-state index in [4.69, 9.17) is 9.31 Å². The molecule has 1 aromatic rings. The molecule has 1 aliphatic heterocycles. The van der Waals surface area contributed by atoms with Crippen LogP contribution in [-0.4, -0.2) is 18.3 Å². The third-order valence-electron chi connectivity index (χ3n) is 8.18. The Hall–Kier alpha value is -0.795. The fourth-order valence-electron chi connectivity index (χ4n) is 5.37. The number of hydrogen-bond acceptors (Lipinski definition) is 2. The molecule has 0 bridgehead atoms. The van der Waals surface area contributed by atoms with Crippen molar-refractivity contribution in [1.29, 1.82) is 0 Å². The summed E-state index contributed by atoms with van der Waals surface area (Å²) in [6.45, 7) is 8.62. The van der Waals surface area contributed by atoms with Gasteiger partial charge in [-0.25, -0.2) is 0 Å². The van der Waals surface area contributed by atoms with Crippen molar-refractivity contribution in [2.24, 2.45) is 5.92 Å². The fourth-order valence-corrected chi connectivity index (χ4v) is 5.37. The Morgan fingerprint density at radius 2 is 1.32 bits per heavy atom. The van der Waals surface area contributed by atoms with Crippen LogP contribution in [0, 0.1) is 5.92 Å². The van der Waals surface area contributed by atoms with E-state index in [1.807, 2.05) is 0 Å². The largest absolute Gasteiger partial charge is 0.465 e. The van der Waals surface area contributed by atoms with E-state index in [1.165, 1.54) is 89.0 Å². The summed E-state index contributed by atoms with van der Waals surface area (Å²) in [6, 6.07) is 10.9. The monoisotopic (exact) mass is 426 g/mol. The Bertz CT molecular complexity index is 605. The first-order valence-electron chi connectivity index (χ1n) is 13.3. The molecular formula is C28H47BO2. The van der Waals surface area contributed by atoms with Crippen molar-refractivity contribution in [2.75, 3.05) is 0 Å². The smallest absolute Gasteiger partial charge is 0.403 e. The van der Waals surface area contributed by atoms with Crippen molar-refractivity contribution in [3.63, 3.8) is 0 Å². The summed E-state index contributed by atoms with van der Waals surface area (Å²) in [5.41, 5.74) is 0.827. The van der Waals surface area contributed by atoms with Gasteiger partial charge in [-0.3, -0.25) is 0 Å². The SMILES string of the molecule is CC1(C)OB([C@@H](CCCCCCCCCC2CCCCC2)c2ccccc2)OC1(C)C. The Labute approximate surface area is 193 Å². The molecule has 1 saturated heterocycles. The van der Waals surface area contributed by atoms with Crippen molar-refractivity contribution in [3.05, 3.63) is 35.9 Å². The zero-order valence-corrected chi connectivity index (χ0v) is 20.8. The second-order valence-corrected chi connectivity index (χ2v) is 11.2. The van der Waals surface area contributed by atoms with E-state index >= 15 is 0 Å².